The second kappa shape index (κ2) is 9.23. The van der Waals surface area contributed by atoms with Gasteiger partial charge in [-0.1, -0.05) is 37.1 Å². The first-order chi connectivity index (χ1) is 10.1. The molecule has 0 bridgehead atoms. The van der Waals surface area contributed by atoms with E-state index in [0.29, 0.717) is 0 Å². The third kappa shape index (κ3) is 5.04. The van der Waals surface area contributed by atoms with Crippen LogP contribution in [0.2, 0.25) is 5.02 Å². The maximum atomic E-state index is 12.0. The molecular weight excluding hydrogens is 321 g/mol. The minimum absolute atomic E-state index is 0. The Morgan fingerprint density at radius 2 is 2.23 bits per heavy atom. The second-order valence-corrected chi connectivity index (χ2v) is 6.05. The van der Waals surface area contributed by atoms with Crippen LogP contribution in [0.3, 0.4) is 0 Å². The maximum absolute atomic E-state index is 12.0. The first-order valence-electron chi connectivity index (χ1n) is 7.67. The van der Waals surface area contributed by atoms with Crippen molar-refractivity contribution in [3.63, 3.8) is 0 Å². The van der Waals surface area contributed by atoms with E-state index in [1.165, 1.54) is 0 Å². The van der Waals surface area contributed by atoms with E-state index >= 15 is 0 Å². The third-order valence-corrected chi connectivity index (χ3v) is 4.22. The Morgan fingerprint density at radius 1 is 1.50 bits per heavy atom. The van der Waals surface area contributed by atoms with Gasteiger partial charge in [-0.05, 0) is 31.4 Å². The zero-order chi connectivity index (χ0) is 15.2. The summed E-state index contributed by atoms with van der Waals surface area (Å²) in [5, 5.41) is 3.83. The predicted octanol–water partition coefficient (Wildman–Crippen LogP) is 2.97. The molecular formula is C16H25Cl2N3O. The largest absolute Gasteiger partial charge is 0.368 e. The van der Waals surface area contributed by atoms with Crippen LogP contribution < -0.4 is 16.0 Å². The van der Waals surface area contributed by atoms with Crippen molar-refractivity contribution in [1.29, 1.82) is 0 Å². The van der Waals surface area contributed by atoms with E-state index in [1.807, 2.05) is 31.2 Å². The van der Waals surface area contributed by atoms with Crippen molar-refractivity contribution in [2.45, 2.75) is 44.7 Å². The summed E-state index contributed by atoms with van der Waals surface area (Å²) >= 11 is 6.25. The molecule has 1 aliphatic heterocycles. The van der Waals surface area contributed by atoms with Gasteiger partial charge >= 0.3 is 0 Å². The molecule has 2 rings (SSSR count). The van der Waals surface area contributed by atoms with Crippen LogP contribution >= 0.6 is 24.0 Å². The van der Waals surface area contributed by atoms with Crippen molar-refractivity contribution in [1.82, 2.24) is 5.32 Å². The van der Waals surface area contributed by atoms with Gasteiger partial charge in [-0.25, -0.2) is 0 Å². The fourth-order valence-corrected chi connectivity index (χ4v) is 3.03. The van der Waals surface area contributed by atoms with Crippen molar-refractivity contribution < 1.29 is 4.79 Å². The Kier molecular flexibility index (Phi) is 8.01. The highest BCUT2D eigenvalue weighted by atomic mass is 35.5. The molecule has 124 valence electrons. The van der Waals surface area contributed by atoms with Crippen molar-refractivity contribution in [2.75, 3.05) is 18.0 Å². The number of carbonyl (C=O) groups is 1. The van der Waals surface area contributed by atoms with Crippen molar-refractivity contribution in [3.8, 4) is 0 Å². The molecule has 2 atom stereocenters. The lowest BCUT2D eigenvalue weighted by atomic mass is 10.0. The van der Waals surface area contributed by atoms with Crippen LogP contribution in [0.4, 0.5) is 5.69 Å². The van der Waals surface area contributed by atoms with Gasteiger partial charge in [-0.2, -0.15) is 0 Å². The minimum Gasteiger partial charge on any atom is -0.368 e. The first kappa shape index (κ1) is 19.1. The van der Waals surface area contributed by atoms with E-state index in [9.17, 15) is 4.79 Å². The summed E-state index contributed by atoms with van der Waals surface area (Å²) in [7, 11) is 0. The zero-order valence-electron chi connectivity index (χ0n) is 12.9. The van der Waals surface area contributed by atoms with Crippen molar-refractivity contribution >= 4 is 35.6 Å². The summed E-state index contributed by atoms with van der Waals surface area (Å²) in [6.07, 6.45) is 3.68. The van der Waals surface area contributed by atoms with Crippen LogP contribution in [0, 0.1) is 0 Å². The number of piperidine rings is 1. The number of halogens is 2. The summed E-state index contributed by atoms with van der Waals surface area (Å²) in [5.74, 6) is -0.0390. The molecule has 1 amide bonds. The van der Waals surface area contributed by atoms with Crippen LogP contribution in [0.5, 0.6) is 0 Å². The van der Waals surface area contributed by atoms with Gasteiger partial charge in [0.05, 0.1) is 16.8 Å². The third-order valence-electron chi connectivity index (χ3n) is 3.90. The van der Waals surface area contributed by atoms with E-state index in [2.05, 4.69) is 10.2 Å². The Balaban J connectivity index is 0.00000242. The standard InChI is InChI=1S/C16H24ClN3O.ClH/c1-2-6-14(18)16(21)19-12-7-5-10-20(11-12)15-9-4-3-8-13(15)17;/h3-4,8-9,12,14H,2,5-7,10-11,18H2,1H3,(H,19,21);1H. The highest BCUT2D eigenvalue weighted by Gasteiger charge is 2.24. The molecule has 0 aromatic heterocycles. The average molecular weight is 346 g/mol. The Bertz CT molecular complexity index is 484. The number of nitrogens with two attached hydrogens (primary N) is 1. The number of anilines is 1. The van der Waals surface area contributed by atoms with Crippen LogP contribution in [-0.4, -0.2) is 31.1 Å². The normalized spacial score (nSPS) is 19.2. The molecule has 0 spiro atoms. The molecule has 4 nitrogen and oxygen atoms in total. The lowest BCUT2D eigenvalue weighted by molar-refractivity contribution is -0.123. The number of nitrogens with one attached hydrogen (secondary N) is 1. The molecule has 1 saturated heterocycles. The van der Waals surface area contributed by atoms with Crippen LogP contribution in [0.25, 0.3) is 0 Å². The maximum Gasteiger partial charge on any atom is 0.237 e. The predicted molar refractivity (Wildman–Crippen MR) is 95.0 cm³/mol. The van der Waals surface area contributed by atoms with Crippen molar-refractivity contribution in [2.24, 2.45) is 5.73 Å². The fraction of sp³-hybridized carbons (Fsp3) is 0.562. The molecule has 0 aliphatic carbocycles. The van der Waals surface area contributed by atoms with E-state index in [0.717, 1.165) is 49.5 Å². The van der Waals surface area contributed by atoms with Gasteiger partial charge < -0.3 is 16.0 Å². The van der Waals surface area contributed by atoms with Gasteiger partial charge in [0.1, 0.15) is 0 Å². The monoisotopic (exact) mass is 345 g/mol. The fourth-order valence-electron chi connectivity index (χ4n) is 2.77. The molecule has 6 heteroatoms. The van der Waals surface area contributed by atoms with Crippen LogP contribution in [0.1, 0.15) is 32.6 Å². The number of hydrogen-bond donors (Lipinski definition) is 2. The number of hydrogen-bond acceptors (Lipinski definition) is 3. The van der Waals surface area contributed by atoms with Gasteiger partial charge in [0.2, 0.25) is 5.91 Å². The van der Waals surface area contributed by atoms with Gasteiger partial charge in [0, 0.05) is 19.1 Å². The molecule has 1 aliphatic rings. The molecule has 1 heterocycles. The summed E-state index contributed by atoms with van der Waals surface area (Å²) in [6, 6.07) is 7.58. The van der Waals surface area contributed by atoms with E-state index in [-0.39, 0.29) is 24.4 Å². The van der Waals surface area contributed by atoms with Crippen molar-refractivity contribution in [3.05, 3.63) is 29.3 Å². The summed E-state index contributed by atoms with van der Waals surface area (Å²) in [4.78, 5) is 14.3. The van der Waals surface area contributed by atoms with Crippen LogP contribution in [0.15, 0.2) is 24.3 Å². The Labute approximate surface area is 143 Å². The molecule has 1 aromatic carbocycles. The Morgan fingerprint density at radius 3 is 2.91 bits per heavy atom. The van der Waals surface area contributed by atoms with Gasteiger partial charge in [-0.15, -0.1) is 12.4 Å². The molecule has 0 saturated carbocycles. The molecule has 3 N–H and O–H groups in total. The quantitative estimate of drug-likeness (QED) is 0.862. The zero-order valence-corrected chi connectivity index (χ0v) is 14.5. The van der Waals surface area contributed by atoms with Gasteiger partial charge in [-0.3, -0.25) is 4.79 Å². The number of amides is 1. The summed E-state index contributed by atoms with van der Waals surface area (Å²) in [6.45, 7) is 3.79. The molecule has 1 fully saturated rings. The smallest absolute Gasteiger partial charge is 0.237 e. The number of benzene rings is 1. The Hall–Kier alpha value is -0.970. The molecule has 0 radical (unpaired) electrons. The second-order valence-electron chi connectivity index (χ2n) is 5.64. The minimum atomic E-state index is -0.398. The summed E-state index contributed by atoms with van der Waals surface area (Å²) in [5.41, 5.74) is 6.91. The number of para-hydroxylation sites is 1. The number of carbonyl (C=O) groups excluding carboxylic acids is 1. The topological polar surface area (TPSA) is 58.4 Å². The highest BCUT2D eigenvalue weighted by Crippen LogP contribution is 2.27. The summed E-state index contributed by atoms with van der Waals surface area (Å²) < 4.78 is 0. The SMILES string of the molecule is CCCC(N)C(=O)NC1CCCN(c2ccccc2Cl)C1.Cl. The lowest BCUT2D eigenvalue weighted by Gasteiger charge is -2.35. The lowest BCUT2D eigenvalue weighted by Crippen LogP contribution is -2.52. The van der Waals surface area contributed by atoms with E-state index < -0.39 is 6.04 Å². The van der Waals surface area contributed by atoms with E-state index in [4.69, 9.17) is 17.3 Å². The van der Waals surface area contributed by atoms with Gasteiger partial charge in [0.15, 0.2) is 0 Å². The van der Waals surface area contributed by atoms with E-state index in [1.54, 1.807) is 0 Å². The number of nitrogens with zero attached hydrogens (tertiary/aromatic N) is 1. The highest BCUT2D eigenvalue weighted by molar-refractivity contribution is 6.33. The molecule has 1 aromatic rings. The van der Waals surface area contributed by atoms with Gasteiger partial charge in [0.25, 0.3) is 0 Å². The number of rotatable bonds is 5. The first-order valence-corrected chi connectivity index (χ1v) is 8.05. The molecule has 2 unspecified atom stereocenters. The average Bonchev–Trinajstić information content (AvgIpc) is 2.48. The molecule has 22 heavy (non-hydrogen) atoms. The van der Waals surface area contributed by atoms with Crippen LogP contribution in [-0.2, 0) is 4.79 Å².